The van der Waals surface area contributed by atoms with Crippen LogP contribution in [0.5, 0.6) is 0 Å². The molecule has 0 saturated heterocycles. The van der Waals surface area contributed by atoms with Gasteiger partial charge in [-0.1, -0.05) is 61.5 Å². The van der Waals surface area contributed by atoms with Crippen LogP contribution in [0.1, 0.15) is 104 Å². The van der Waals surface area contributed by atoms with E-state index >= 15 is 0 Å². The molecule has 1 unspecified atom stereocenters. The maximum atomic E-state index is 12.8. The summed E-state index contributed by atoms with van der Waals surface area (Å²) in [4.78, 5) is 104. The Balaban J connectivity index is -0.00000107. The van der Waals surface area contributed by atoms with Gasteiger partial charge in [-0.25, -0.2) is 4.79 Å². The molecule has 0 radical (unpaired) electrons. The van der Waals surface area contributed by atoms with Gasteiger partial charge in [0.2, 0.25) is 29.5 Å². The molecule has 386 valence electrons. The van der Waals surface area contributed by atoms with Crippen LogP contribution in [0.2, 0.25) is 0 Å². The molecule has 1 rings (SSSR count). The van der Waals surface area contributed by atoms with Gasteiger partial charge in [-0.05, 0) is 31.4 Å². The number of nitrogens with one attached hydrogen (secondary N) is 6. The predicted molar refractivity (Wildman–Crippen MR) is 253 cm³/mol. The van der Waals surface area contributed by atoms with Crippen molar-refractivity contribution in [2.75, 3.05) is 90.9 Å². The minimum absolute atomic E-state index is 0.0687. The zero-order chi connectivity index (χ0) is 52.0. The number of ether oxygens (including phenoxy) is 5. The molecule has 1 aromatic carbocycles. The van der Waals surface area contributed by atoms with Crippen LogP contribution in [-0.2, 0) is 63.9 Å². The lowest BCUT2D eigenvalue weighted by molar-refractivity contribution is -0.142. The molecule has 0 fully saturated rings. The van der Waals surface area contributed by atoms with Crippen molar-refractivity contribution in [3.8, 4) is 0 Å². The second kappa shape index (κ2) is 46.8. The predicted octanol–water partition coefficient (Wildman–Crippen LogP) is 0.794. The third-order valence-corrected chi connectivity index (χ3v) is 7.48. The number of rotatable bonds is 30. The van der Waals surface area contributed by atoms with E-state index in [1.165, 1.54) is 32.0 Å². The number of urea groups is 1. The first kappa shape index (κ1) is 67.8. The molecule has 12 N–H and O–H groups in total. The second-order valence-electron chi connectivity index (χ2n) is 13.5. The van der Waals surface area contributed by atoms with Gasteiger partial charge in [0.15, 0.2) is 0 Å². The molecule has 67 heavy (non-hydrogen) atoms. The molecular formula is C44H81N9O14. The third kappa shape index (κ3) is 43.9. The van der Waals surface area contributed by atoms with Gasteiger partial charge >= 0.3 is 12.0 Å². The molecular weight excluding hydrogens is 879 g/mol. The number of amides is 8. The number of anilines is 1. The SMILES string of the molecule is CC.CC.CC(=O)CCOCCOCCOCCOCC(=O)NCC(=O)NC(C(=O)NCC(=O)Nc1ccc(COC(C)=O)c(C(=O)NCCN)c1)C(C)C.CCC(N)=O.CCCNC(N)=O. The van der Waals surface area contributed by atoms with Crippen molar-refractivity contribution in [2.24, 2.45) is 23.1 Å². The van der Waals surface area contributed by atoms with E-state index in [1.54, 1.807) is 20.8 Å². The molecule has 0 bridgehead atoms. The smallest absolute Gasteiger partial charge is 0.312 e. The number of benzene rings is 1. The van der Waals surface area contributed by atoms with Crippen molar-refractivity contribution in [1.82, 2.24) is 26.6 Å². The Bertz CT molecular complexity index is 1570. The molecule has 8 amide bonds. The average Bonchev–Trinajstić information content (AvgIpc) is 3.30. The van der Waals surface area contributed by atoms with E-state index in [0.29, 0.717) is 58.0 Å². The molecule has 23 nitrogen and oxygen atoms in total. The zero-order valence-electron chi connectivity index (χ0n) is 41.4. The standard InChI is InChI=1S/C33H52N6O12.C4H10N2O.C3H7NO.2C2H6/c1-22(2)31(39-29(43)18-36-30(44)21-50-16-15-49-14-13-48-12-11-47-10-7-23(3)40)33(46)37-19-28(42)38-26-6-5-25(20-51-24(4)41)27(17-26)32(45)35-9-8-34;1-2-3-6-4(5)7;1-2-3(4)5;2*1-2/h5-6,17,22,31H,7-16,18-21,34H2,1-4H3,(H,35,45)(H,36,44)(H,37,46)(H,38,42)(H,39,43);2-3H2,1H3,(H3,5,6,7);2H2,1H3,(H2,4,5);2*1-2H3. The minimum atomic E-state index is -1.00. The fourth-order valence-corrected chi connectivity index (χ4v) is 4.21. The molecule has 0 saturated carbocycles. The van der Waals surface area contributed by atoms with Gasteiger partial charge in [-0.15, -0.1) is 0 Å². The highest BCUT2D eigenvalue weighted by atomic mass is 16.6. The van der Waals surface area contributed by atoms with Crippen LogP contribution in [0.25, 0.3) is 0 Å². The highest BCUT2D eigenvalue weighted by Crippen LogP contribution is 2.17. The van der Waals surface area contributed by atoms with Crippen molar-refractivity contribution < 1.29 is 66.8 Å². The number of esters is 1. The Kier molecular flexibility index (Phi) is 47.4. The molecule has 0 spiro atoms. The largest absolute Gasteiger partial charge is 0.461 e. The molecule has 0 aromatic heterocycles. The van der Waals surface area contributed by atoms with Crippen LogP contribution < -0.4 is 49.1 Å². The number of primary amides is 2. The maximum Gasteiger partial charge on any atom is 0.312 e. The van der Waals surface area contributed by atoms with Crippen molar-refractivity contribution in [3.63, 3.8) is 0 Å². The summed E-state index contributed by atoms with van der Waals surface area (Å²) in [5.41, 5.74) is 15.7. The summed E-state index contributed by atoms with van der Waals surface area (Å²) in [6, 6.07) is 3.00. The number of Topliss-reactive ketones (excluding diaryl/α,β-unsaturated/α-hetero) is 1. The summed E-state index contributed by atoms with van der Waals surface area (Å²) in [5, 5.41) is 15.1. The number of hydrogen-bond donors (Lipinski definition) is 9. The van der Waals surface area contributed by atoms with Crippen LogP contribution in [0.4, 0.5) is 10.5 Å². The summed E-state index contributed by atoms with van der Waals surface area (Å²) in [5.74, 6) is -3.92. The topological polar surface area (TPSA) is 350 Å². The number of carbonyl (C=O) groups is 9. The van der Waals surface area contributed by atoms with E-state index in [4.69, 9.17) is 35.2 Å². The molecule has 0 aliphatic heterocycles. The number of nitrogens with two attached hydrogens (primary N) is 3. The Hall–Kier alpha value is -5.75. The highest BCUT2D eigenvalue weighted by molar-refractivity contribution is 6.00. The number of ketones is 1. The Labute approximate surface area is 396 Å². The van der Waals surface area contributed by atoms with Crippen LogP contribution >= 0.6 is 0 Å². The zero-order valence-corrected chi connectivity index (χ0v) is 41.4. The molecule has 1 aromatic rings. The lowest BCUT2D eigenvalue weighted by atomic mass is 10.0. The first-order valence-corrected chi connectivity index (χ1v) is 22.4. The minimum Gasteiger partial charge on any atom is -0.461 e. The van der Waals surface area contributed by atoms with E-state index in [1.807, 2.05) is 34.6 Å². The van der Waals surface area contributed by atoms with Gasteiger partial charge in [0.05, 0.1) is 59.3 Å². The molecule has 0 aliphatic rings. The summed E-state index contributed by atoms with van der Waals surface area (Å²) in [6.45, 7) is 19.8. The average molecular weight is 960 g/mol. The van der Waals surface area contributed by atoms with Crippen molar-refractivity contribution in [2.45, 2.75) is 101 Å². The molecule has 0 heterocycles. The second-order valence-corrected chi connectivity index (χ2v) is 13.5. The summed E-state index contributed by atoms with van der Waals surface area (Å²) < 4.78 is 26.2. The molecule has 1 atom stereocenters. The summed E-state index contributed by atoms with van der Waals surface area (Å²) >= 11 is 0. The highest BCUT2D eigenvalue weighted by Gasteiger charge is 2.25. The van der Waals surface area contributed by atoms with Gasteiger partial charge in [0.1, 0.15) is 25.0 Å². The normalized spacial score (nSPS) is 10.2. The van der Waals surface area contributed by atoms with Gasteiger partial charge in [0, 0.05) is 56.2 Å². The lowest BCUT2D eigenvalue weighted by Crippen LogP contribution is -2.53. The number of hydrogen-bond acceptors (Lipinski definition) is 15. The van der Waals surface area contributed by atoms with Crippen molar-refractivity contribution in [1.29, 1.82) is 0 Å². The summed E-state index contributed by atoms with van der Waals surface area (Å²) in [7, 11) is 0. The van der Waals surface area contributed by atoms with Crippen LogP contribution in [0, 0.1) is 5.92 Å². The quantitative estimate of drug-likeness (QED) is 0.0380. The van der Waals surface area contributed by atoms with Crippen LogP contribution in [-0.4, -0.2) is 145 Å². The van der Waals surface area contributed by atoms with Gasteiger partial charge in [0.25, 0.3) is 5.91 Å². The Morgan fingerprint density at radius 1 is 0.672 bits per heavy atom. The fraction of sp³-hybridized carbons (Fsp3) is 0.659. The fourth-order valence-electron chi connectivity index (χ4n) is 4.21. The first-order chi connectivity index (χ1) is 31.9. The van der Waals surface area contributed by atoms with Crippen molar-refractivity contribution >= 4 is 58.9 Å². The molecule has 23 heteroatoms. The molecule has 0 aliphatic carbocycles. The maximum absolute atomic E-state index is 12.8. The van der Waals surface area contributed by atoms with E-state index in [0.717, 1.165) is 6.42 Å². The third-order valence-electron chi connectivity index (χ3n) is 7.48. The Morgan fingerprint density at radius 2 is 1.21 bits per heavy atom. The summed E-state index contributed by atoms with van der Waals surface area (Å²) in [6.07, 6.45) is 1.75. The van der Waals surface area contributed by atoms with Crippen LogP contribution in [0.15, 0.2) is 18.2 Å². The van der Waals surface area contributed by atoms with Gasteiger partial charge in [-0.2, -0.15) is 0 Å². The van der Waals surface area contributed by atoms with Crippen LogP contribution in [0.3, 0.4) is 0 Å². The lowest BCUT2D eigenvalue weighted by Gasteiger charge is -2.21. The van der Waals surface area contributed by atoms with E-state index < -0.39 is 60.7 Å². The van der Waals surface area contributed by atoms with Crippen molar-refractivity contribution in [3.05, 3.63) is 29.3 Å². The van der Waals surface area contributed by atoms with E-state index in [2.05, 4.69) is 37.6 Å². The van der Waals surface area contributed by atoms with E-state index in [9.17, 15) is 43.2 Å². The van der Waals surface area contributed by atoms with E-state index in [-0.39, 0.29) is 68.4 Å². The number of carbonyl (C=O) groups excluding carboxylic acids is 9. The monoisotopic (exact) mass is 960 g/mol. The van der Waals surface area contributed by atoms with Gasteiger partial charge < -0.3 is 72.8 Å². The first-order valence-electron chi connectivity index (χ1n) is 22.4. The Morgan fingerprint density at radius 3 is 1.67 bits per heavy atom. The van der Waals surface area contributed by atoms with Gasteiger partial charge in [-0.3, -0.25) is 38.4 Å².